The third-order valence-electron chi connectivity index (χ3n) is 3.46. The standard InChI is InChI=1S/C18H16ClF2NO/c1-3-5-8-22-13(4-2)11-14(19)18(22)17(23)10-12-6-7-15(20)16(21)9-12/h3-4,6-7,9,11H,1-2,5,8,10H2. The fraction of sp³-hybridized carbons (Fsp3) is 0.167. The predicted molar refractivity (Wildman–Crippen MR) is 88.7 cm³/mol. The van der Waals surface area contributed by atoms with Crippen LogP contribution < -0.4 is 0 Å². The van der Waals surface area contributed by atoms with E-state index >= 15 is 0 Å². The van der Waals surface area contributed by atoms with Crippen molar-refractivity contribution >= 4 is 23.5 Å². The summed E-state index contributed by atoms with van der Waals surface area (Å²) in [5.41, 5.74) is 1.46. The summed E-state index contributed by atoms with van der Waals surface area (Å²) in [4.78, 5) is 12.6. The Bertz CT molecular complexity index is 765. The fourth-order valence-electron chi connectivity index (χ4n) is 2.37. The maximum atomic E-state index is 13.3. The van der Waals surface area contributed by atoms with E-state index in [-0.39, 0.29) is 12.2 Å². The zero-order valence-corrected chi connectivity index (χ0v) is 13.2. The van der Waals surface area contributed by atoms with Gasteiger partial charge < -0.3 is 4.57 Å². The lowest BCUT2D eigenvalue weighted by molar-refractivity contribution is 0.0984. The lowest BCUT2D eigenvalue weighted by Gasteiger charge is -2.10. The zero-order valence-electron chi connectivity index (χ0n) is 12.5. The molecule has 2 nitrogen and oxygen atoms in total. The van der Waals surface area contributed by atoms with Crippen molar-refractivity contribution in [3.63, 3.8) is 0 Å². The summed E-state index contributed by atoms with van der Waals surface area (Å²) in [5, 5.41) is 0.316. The van der Waals surface area contributed by atoms with E-state index in [0.717, 1.165) is 17.8 Å². The molecular weight excluding hydrogens is 320 g/mol. The van der Waals surface area contributed by atoms with Gasteiger partial charge >= 0.3 is 0 Å². The Kier molecular flexibility index (Phi) is 5.50. The average molecular weight is 336 g/mol. The molecule has 0 spiro atoms. The van der Waals surface area contributed by atoms with Crippen molar-refractivity contribution in [1.29, 1.82) is 0 Å². The number of halogens is 3. The number of rotatable bonds is 7. The number of allylic oxidation sites excluding steroid dienone is 1. The van der Waals surface area contributed by atoms with Gasteiger partial charge in [-0.25, -0.2) is 8.78 Å². The topological polar surface area (TPSA) is 22.0 Å². The lowest BCUT2D eigenvalue weighted by Crippen LogP contribution is -2.13. The maximum absolute atomic E-state index is 13.3. The van der Waals surface area contributed by atoms with Gasteiger partial charge in [0, 0.05) is 18.7 Å². The van der Waals surface area contributed by atoms with E-state index in [2.05, 4.69) is 13.2 Å². The number of Topliss-reactive ketones (excluding diaryl/α,β-unsaturated/α-hetero) is 1. The van der Waals surface area contributed by atoms with Crippen LogP contribution in [0.2, 0.25) is 5.02 Å². The van der Waals surface area contributed by atoms with Crippen LogP contribution in [-0.2, 0) is 13.0 Å². The molecule has 23 heavy (non-hydrogen) atoms. The number of hydrogen-bond donors (Lipinski definition) is 0. The van der Waals surface area contributed by atoms with Crippen molar-refractivity contribution in [3.8, 4) is 0 Å². The van der Waals surface area contributed by atoms with Gasteiger partial charge in [0.1, 0.15) is 5.69 Å². The molecule has 0 amide bonds. The Morgan fingerprint density at radius 2 is 1.96 bits per heavy atom. The van der Waals surface area contributed by atoms with Crippen molar-refractivity contribution in [2.24, 2.45) is 0 Å². The molecule has 0 radical (unpaired) electrons. The molecule has 1 aromatic heterocycles. The molecule has 1 aromatic carbocycles. The van der Waals surface area contributed by atoms with Crippen molar-refractivity contribution in [1.82, 2.24) is 4.57 Å². The van der Waals surface area contributed by atoms with Gasteiger partial charge in [0.2, 0.25) is 0 Å². The van der Waals surface area contributed by atoms with Crippen LogP contribution in [0.1, 0.15) is 28.2 Å². The number of benzene rings is 1. The van der Waals surface area contributed by atoms with E-state index in [1.165, 1.54) is 6.07 Å². The van der Waals surface area contributed by atoms with Gasteiger partial charge in [-0.15, -0.1) is 6.58 Å². The van der Waals surface area contributed by atoms with E-state index in [0.29, 0.717) is 29.2 Å². The smallest absolute Gasteiger partial charge is 0.185 e. The summed E-state index contributed by atoms with van der Waals surface area (Å²) in [5.74, 6) is -2.18. The Hall–Kier alpha value is -2.20. The van der Waals surface area contributed by atoms with Crippen LogP contribution in [0, 0.1) is 11.6 Å². The van der Waals surface area contributed by atoms with Crippen molar-refractivity contribution in [3.05, 3.63) is 77.1 Å². The van der Waals surface area contributed by atoms with Crippen LogP contribution in [-0.4, -0.2) is 10.4 Å². The Morgan fingerprint density at radius 1 is 1.22 bits per heavy atom. The van der Waals surface area contributed by atoms with Crippen LogP contribution in [0.4, 0.5) is 8.78 Å². The van der Waals surface area contributed by atoms with E-state index in [1.54, 1.807) is 22.8 Å². The normalized spacial score (nSPS) is 10.6. The summed E-state index contributed by atoms with van der Waals surface area (Å²) >= 11 is 6.18. The van der Waals surface area contributed by atoms with Crippen LogP contribution in [0.25, 0.3) is 6.08 Å². The third kappa shape index (κ3) is 3.77. The first kappa shape index (κ1) is 17.2. The van der Waals surface area contributed by atoms with Gasteiger partial charge in [0.05, 0.1) is 5.02 Å². The molecule has 120 valence electrons. The highest BCUT2D eigenvalue weighted by Gasteiger charge is 2.19. The average Bonchev–Trinajstić information content (AvgIpc) is 2.84. The Balaban J connectivity index is 2.34. The summed E-state index contributed by atoms with van der Waals surface area (Å²) in [6.45, 7) is 7.91. The number of hydrogen-bond acceptors (Lipinski definition) is 1. The molecule has 0 aliphatic rings. The quantitative estimate of drug-likeness (QED) is 0.512. The molecule has 0 fully saturated rings. The molecule has 0 aliphatic carbocycles. The molecule has 1 heterocycles. The molecule has 0 N–H and O–H groups in total. The van der Waals surface area contributed by atoms with E-state index in [4.69, 9.17) is 11.6 Å². The summed E-state index contributed by atoms with van der Waals surface area (Å²) in [6, 6.07) is 5.07. The molecule has 2 aromatic rings. The second-order valence-electron chi connectivity index (χ2n) is 5.05. The molecule has 2 rings (SSSR count). The minimum atomic E-state index is -0.977. The van der Waals surface area contributed by atoms with Gasteiger partial charge in [-0.3, -0.25) is 4.79 Å². The predicted octanol–water partition coefficient (Wildman–Crippen LogP) is 5.06. The minimum absolute atomic E-state index is 0.0639. The Labute approximate surface area is 138 Å². The van der Waals surface area contributed by atoms with Crippen molar-refractivity contribution in [2.75, 3.05) is 0 Å². The van der Waals surface area contributed by atoms with Gasteiger partial charge in [0.25, 0.3) is 0 Å². The van der Waals surface area contributed by atoms with Crippen LogP contribution in [0.5, 0.6) is 0 Å². The molecule has 0 atom stereocenters. The molecule has 0 unspecified atom stereocenters. The zero-order chi connectivity index (χ0) is 17.0. The molecule has 0 saturated heterocycles. The number of ketones is 1. The monoisotopic (exact) mass is 335 g/mol. The molecule has 0 saturated carbocycles. The second-order valence-corrected chi connectivity index (χ2v) is 5.45. The first-order chi connectivity index (χ1) is 11.0. The lowest BCUT2D eigenvalue weighted by atomic mass is 10.1. The molecule has 5 heteroatoms. The first-order valence-corrected chi connectivity index (χ1v) is 7.45. The Morgan fingerprint density at radius 3 is 2.57 bits per heavy atom. The van der Waals surface area contributed by atoms with Crippen LogP contribution in [0.3, 0.4) is 0 Å². The highest BCUT2D eigenvalue weighted by Crippen LogP contribution is 2.25. The molecular formula is C18H16ClF2NO. The van der Waals surface area contributed by atoms with Gasteiger partial charge in [-0.2, -0.15) is 0 Å². The van der Waals surface area contributed by atoms with Crippen molar-refractivity contribution < 1.29 is 13.6 Å². The second kappa shape index (κ2) is 7.38. The van der Waals surface area contributed by atoms with Crippen molar-refractivity contribution in [2.45, 2.75) is 19.4 Å². The van der Waals surface area contributed by atoms with Crippen LogP contribution in [0.15, 0.2) is 43.5 Å². The summed E-state index contributed by atoms with van der Waals surface area (Å²) in [7, 11) is 0. The maximum Gasteiger partial charge on any atom is 0.185 e. The van der Waals surface area contributed by atoms with E-state index in [1.807, 2.05) is 0 Å². The molecule has 0 bridgehead atoms. The number of carbonyl (C=O) groups excluding carboxylic acids is 1. The van der Waals surface area contributed by atoms with Crippen LogP contribution >= 0.6 is 11.6 Å². The SMILES string of the molecule is C=CCCn1c(C=C)cc(Cl)c1C(=O)Cc1ccc(F)c(F)c1. The summed E-state index contributed by atoms with van der Waals surface area (Å²) < 4.78 is 28.0. The van der Waals surface area contributed by atoms with Gasteiger partial charge in [0.15, 0.2) is 17.4 Å². The number of nitrogens with zero attached hydrogens (tertiary/aromatic N) is 1. The fourth-order valence-corrected chi connectivity index (χ4v) is 2.69. The number of carbonyl (C=O) groups is 1. The summed E-state index contributed by atoms with van der Waals surface area (Å²) in [6.07, 6.45) is 3.95. The van der Waals surface area contributed by atoms with E-state index < -0.39 is 11.6 Å². The number of aromatic nitrogens is 1. The first-order valence-electron chi connectivity index (χ1n) is 7.07. The highest BCUT2D eigenvalue weighted by atomic mass is 35.5. The van der Waals surface area contributed by atoms with Gasteiger partial charge in [-0.1, -0.05) is 30.3 Å². The third-order valence-corrected chi connectivity index (χ3v) is 3.75. The van der Waals surface area contributed by atoms with E-state index in [9.17, 15) is 13.6 Å². The van der Waals surface area contributed by atoms with Gasteiger partial charge in [-0.05, 0) is 36.3 Å². The highest BCUT2D eigenvalue weighted by molar-refractivity contribution is 6.34. The minimum Gasteiger partial charge on any atom is -0.337 e. The largest absolute Gasteiger partial charge is 0.337 e. The molecule has 0 aliphatic heterocycles.